The lowest BCUT2D eigenvalue weighted by Crippen LogP contribution is -2.09. The van der Waals surface area contributed by atoms with Gasteiger partial charge in [0.25, 0.3) is 0 Å². The van der Waals surface area contributed by atoms with E-state index in [0.717, 1.165) is 0 Å². The Labute approximate surface area is 127 Å². The van der Waals surface area contributed by atoms with E-state index in [9.17, 15) is 12.8 Å². The molecule has 22 heavy (non-hydrogen) atoms. The van der Waals surface area contributed by atoms with Gasteiger partial charge in [-0.2, -0.15) is 4.98 Å². The van der Waals surface area contributed by atoms with E-state index >= 15 is 0 Å². The lowest BCUT2D eigenvalue weighted by Gasteiger charge is -2.00. The standard InChI is InChI=1S/C14H17FN2O4S/c15-12-6-4-11(5-7-12)14-16-13(21-17-14)10-22(19,20)9-3-1-2-8-18/h4-7,18H,1-3,8-10H2. The summed E-state index contributed by atoms with van der Waals surface area (Å²) in [6, 6.07) is 5.52. The maximum absolute atomic E-state index is 12.8. The summed E-state index contributed by atoms with van der Waals surface area (Å²) >= 11 is 0. The maximum Gasteiger partial charge on any atom is 0.242 e. The molecular weight excluding hydrogens is 311 g/mol. The smallest absolute Gasteiger partial charge is 0.242 e. The summed E-state index contributed by atoms with van der Waals surface area (Å²) in [5.41, 5.74) is 0.553. The first-order valence-corrected chi connectivity index (χ1v) is 8.72. The van der Waals surface area contributed by atoms with Gasteiger partial charge in [0.2, 0.25) is 11.7 Å². The number of unbranched alkanes of at least 4 members (excludes halogenated alkanes) is 2. The molecule has 1 aromatic heterocycles. The Morgan fingerprint density at radius 1 is 1.14 bits per heavy atom. The number of benzene rings is 1. The molecule has 0 saturated carbocycles. The molecule has 0 aliphatic heterocycles. The van der Waals surface area contributed by atoms with Crippen LogP contribution in [0.3, 0.4) is 0 Å². The first kappa shape index (κ1) is 16.6. The van der Waals surface area contributed by atoms with E-state index in [1.165, 1.54) is 24.3 Å². The minimum atomic E-state index is -3.33. The number of rotatable bonds is 8. The van der Waals surface area contributed by atoms with Gasteiger partial charge in [0, 0.05) is 12.2 Å². The Bertz CT molecular complexity index is 698. The molecule has 0 aliphatic rings. The van der Waals surface area contributed by atoms with Crippen LogP contribution in [0.4, 0.5) is 4.39 Å². The van der Waals surface area contributed by atoms with Gasteiger partial charge in [0.15, 0.2) is 9.84 Å². The summed E-state index contributed by atoms with van der Waals surface area (Å²) in [6.07, 6.45) is 1.73. The molecule has 0 amide bonds. The van der Waals surface area contributed by atoms with Crippen LogP contribution in [0.15, 0.2) is 28.8 Å². The summed E-state index contributed by atoms with van der Waals surface area (Å²) in [5.74, 6) is -0.438. The Hall–Kier alpha value is -1.80. The summed E-state index contributed by atoms with van der Waals surface area (Å²) < 4.78 is 41.6. The van der Waals surface area contributed by atoms with Crippen LogP contribution >= 0.6 is 0 Å². The van der Waals surface area contributed by atoms with Gasteiger partial charge in [0.1, 0.15) is 11.6 Å². The minimum Gasteiger partial charge on any atom is -0.396 e. The number of aliphatic hydroxyl groups is 1. The molecule has 6 nitrogen and oxygen atoms in total. The van der Waals surface area contributed by atoms with Crippen molar-refractivity contribution in [1.82, 2.24) is 10.1 Å². The normalized spacial score (nSPS) is 11.7. The molecule has 0 bridgehead atoms. The van der Waals surface area contributed by atoms with E-state index < -0.39 is 9.84 Å². The minimum absolute atomic E-state index is 0.0151. The number of aliphatic hydroxyl groups excluding tert-OH is 1. The van der Waals surface area contributed by atoms with Gasteiger partial charge < -0.3 is 9.63 Å². The molecule has 0 saturated heterocycles. The maximum atomic E-state index is 12.8. The van der Waals surface area contributed by atoms with Crippen LogP contribution in [0, 0.1) is 5.82 Å². The summed E-state index contributed by atoms with van der Waals surface area (Å²) in [7, 11) is -3.33. The molecule has 1 heterocycles. The van der Waals surface area contributed by atoms with Crippen molar-refractivity contribution in [2.45, 2.75) is 25.0 Å². The summed E-state index contributed by atoms with van der Waals surface area (Å²) in [6.45, 7) is 0.0603. The molecule has 0 aliphatic carbocycles. The molecule has 1 aromatic carbocycles. The fourth-order valence-corrected chi connectivity index (χ4v) is 3.18. The molecule has 0 unspecified atom stereocenters. The fourth-order valence-electron chi connectivity index (χ4n) is 1.90. The molecule has 0 atom stereocenters. The molecule has 0 fully saturated rings. The van der Waals surface area contributed by atoms with Crippen molar-refractivity contribution in [1.29, 1.82) is 0 Å². The zero-order valence-corrected chi connectivity index (χ0v) is 12.7. The fraction of sp³-hybridized carbons (Fsp3) is 0.429. The van der Waals surface area contributed by atoms with E-state index in [4.69, 9.17) is 9.63 Å². The number of hydrogen-bond acceptors (Lipinski definition) is 6. The first-order valence-electron chi connectivity index (χ1n) is 6.90. The van der Waals surface area contributed by atoms with E-state index in [2.05, 4.69) is 10.1 Å². The highest BCUT2D eigenvalue weighted by Gasteiger charge is 2.17. The summed E-state index contributed by atoms with van der Waals surface area (Å²) in [4.78, 5) is 4.02. The number of hydrogen-bond donors (Lipinski definition) is 1. The zero-order chi connectivity index (χ0) is 16.0. The highest BCUT2D eigenvalue weighted by Crippen LogP contribution is 2.17. The lowest BCUT2D eigenvalue weighted by atomic mass is 10.2. The Morgan fingerprint density at radius 2 is 1.86 bits per heavy atom. The van der Waals surface area contributed by atoms with E-state index in [1.54, 1.807) is 0 Å². The second kappa shape index (κ2) is 7.46. The van der Waals surface area contributed by atoms with Crippen molar-refractivity contribution in [3.05, 3.63) is 36.0 Å². The van der Waals surface area contributed by atoms with Crippen LogP contribution in [0.1, 0.15) is 25.2 Å². The van der Waals surface area contributed by atoms with Crippen LogP contribution in [-0.2, 0) is 15.6 Å². The molecule has 2 aromatic rings. The van der Waals surface area contributed by atoms with Crippen molar-refractivity contribution < 1.29 is 22.4 Å². The molecule has 8 heteroatoms. The molecule has 2 rings (SSSR count). The van der Waals surface area contributed by atoms with Crippen LogP contribution < -0.4 is 0 Å². The SMILES string of the molecule is O=S(=O)(CCCCCO)Cc1nc(-c2ccc(F)cc2)no1. The van der Waals surface area contributed by atoms with Crippen molar-refractivity contribution in [2.24, 2.45) is 0 Å². The van der Waals surface area contributed by atoms with Gasteiger partial charge in [-0.25, -0.2) is 12.8 Å². The van der Waals surface area contributed by atoms with Crippen molar-refractivity contribution in [2.75, 3.05) is 12.4 Å². The second-order valence-corrected chi connectivity index (χ2v) is 7.08. The Balaban J connectivity index is 1.98. The number of halogens is 1. The topological polar surface area (TPSA) is 93.3 Å². The summed E-state index contributed by atoms with van der Waals surface area (Å²) in [5, 5.41) is 12.4. The quantitative estimate of drug-likeness (QED) is 0.745. The van der Waals surface area contributed by atoms with Crippen molar-refractivity contribution >= 4 is 9.84 Å². The molecule has 120 valence electrons. The van der Waals surface area contributed by atoms with Crippen LogP contribution in [0.5, 0.6) is 0 Å². The largest absolute Gasteiger partial charge is 0.396 e. The first-order chi connectivity index (χ1) is 10.5. The third-order valence-corrected chi connectivity index (χ3v) is 4.62. The van der Waals surface area contributed by atoms with Crippen molar-refractivity contribution in [3.8, 4) is 11.4 Å². The highest BCUT2D eigenvalue weighted by molar-refractivity contribution is 7.90. The van der Waals surface area contributed by atoms with Crippen molar-refractivity contribution in [3.63, 3.8) is 0 Å². The van der Waals surface area contributed by atoms with E-state index in [0.29, 0.717) is 24.8 Å². The predicted molar refractivity (Wildman–Crippen MR) is 78.1 cm³/mol. The predicted octanol–water partition coefficient (Wildman–Crippen LogP) is 1.95. The van der Waals surface area contributed by atoms with Crippen LogP contribution in [0.25, 0.3) is 11.4 Å². The molecule has 1 N–H and O–H groups in total. The van der Waals surface area contributed by atoms with Gasteiger partial charge in [0.05, 0.1) is 5.75 Å². The highest BCUT2D eigenvalue weighted by atomic mass is 32.2. The lowest BCUT2D eigenvalue weighted by molar-refractivity contribution is 0.284. The molecule has 0 spiro atoms. The number of aromatic nitrogens is 2. The molecular formula is C14H17FN2O4S. The Kier molecular flexibility index (Phi) is 5.62. The monoisotopic (exact) mass is 328 g/mol. The number of sulfone groups is 1. The van der Waals surface area contributed by atoms with Crippen LogP contribution in [-0.4, -0.2) is 36.0 Å². The molecule has 0 radical (unpaired) electrons. The van der Waals surface area contributed by atoms with E-state index in [-0.39, 0.29) is 35.6 Å². The third-order valence-electron chi connectivity index (χ3n) is 3.03. The third kappa shape index (κ3) is 4.88. The zero-order valence-electron chi connectivity index (χ0n) is 11.9. The average molecular weight is 328 g/mol. The Morgan fingerprint density at radius 3 is 2.55 bits per heavy atom. The van der Waals surface area contributed by atoms with Gasteiger partial charge >= 0.3 is 0 Å². The van der Waals surface area contributed by atoms with Gasteiger partial charge in [-0.05, 0) is 37.1 Å². The number of nitrogens with zero attached hydrogens (tertiary/aromatic N) is 2. The second-order valence-electron chi connectivity index (χ2n) is 4.89. The van der Waals surface area contributed by atoms with Gasteiger partial charge in [-0.3, -0.25) is 0 Å². The average Bonchev–Trinajstić information content (AvgIpc) is 2.92. The van der Waals surface area contributed by atoms with E-state index in [1.807, 2.05) is 0 Å². The van der Waals surface area contributed by atoms with Crippen LogP contribution in [0.2, 0.25) is 0 Å². The van der Waals surface area contributed by atoms with Gasteiger partial charge in [-0.1, -0.05) is 11.6 Å². The van der Waals surface area contributed by atoms with Gasteiger partial charge in [-0.15, -0.1) is 0 Å².